The van der Waals surface area contributed by atoms with Crippen molar-refractivity contribution in [2.24, 2.45) is 46.5 Å². The van der Waals surface area contributed by atoms with Crippen molar-refractivity contribution in [3.63, 3.8) is 0 Å². The highest BCUT2D eigenvalue weighted by atomic mass is 16.5. The number of unbranched alkanes of at least 4 members (excludes halogenated alkanes) is 3. The van der Waals surface area contributed by atoms with E-state index in [2.05, 4.69) is 38.3 Å². The van der Waals surface area contributed by atoms with E-state index in [4.69, 9.17) is 30.4 Å². The van der Waals surface area contributed by atoms with Gasteiger partial charge < -0.3 is 56.4 Å². The van der Waals surface area contributed by atoms with E-state index in [1.165, 1.54) is 38.5 Å². The summed E-state index contributed by atoms with van der Waals surface area (Å²) < 4.78 is 21.6. The van der Waals surface area contributed by atoms with Crippen molar-refractivity contribution in [3.8, 4) is 11.5 Å². The molecule has 1 aromatic rings. The summed E-state index contributed by atoms with van der Waals surface area (Å²) in [5.74, 6) is -1.54. The van der Waals surface area contributed by atoms with Crippen LogP contribution in [0.3, 0.4) is 0 Å². The molecule has 0 heterocycles. The van der Waals surface area contributed by atoms with Gasteiger partial charge in [-0.15, -0.1) is 0 Å². The molecule has 1 aromatic carbocycles. The average molecular weight is 847 g/mol. The second kappa shape index (κ2) is 23.1. The zero-order valence-electron chi connectivity index (χ0n) is 36.7. The molecule has 10 unspecified atom stereocenters. The van der Waals surface area contributed by atoms with Crippen LogP contribution in [0.15, 0.2) is 12.1 Å². The van der Waals surface area contributed by atoms with E-state index in [0.29, 0.717) is 24.7 Å². The molecule has 15 nitrogen and oxygen atoms in total. The number of rotatable bonds is 24. The molecule has 0 aromatic heterocycles. The Hall–Kier alpha value is -3.50. The zero-order chi connectivity index (χ0) is 44.0. The number of carbonyl (C=O) groups is 4. The summed E-state index contributed by atoms with van der Waals surface area (Å²) in [6.07, 6.45) is 12.7. The summed E-state index contributed by atoms with van der Waals surface area (Å²) >= 11 is 0. The number of phenols is 1. The second-order valence-electron chi connectivity index (χ2n) is 18.2. The zero-order valence-corrected chi connectivity index (χ0v) is 36.7. The smallest absolute Gasteiger partial charge is 0.323 e. The van der Waals surface area contributed by atoms with E-state index in [-0.39, 0.29) is 85.7 Å². The highest BCUT2D eigenvalue weighted by molar-refractivity contribution is 6.02. The van der Waals surface area contributed by atoms with Crippen molar-refractivity contribution >= 4 is 29.4 Å². The Bertz CT molecular complexity index is 1580. The molecule has 0 spiro atoms. The predicted molar refractivity (Wildman–Crippen MR) is 227 cm³/mol. The number of hydrogen-bond donors (Lipinski definition) is 7. The Labute approximate surface area is 356 Å². The Morgan fingerprint density at radius 1 is 1.02 bits per heavy atom. The highest BCUT2D eigenvalue weighted by Crippen LogP contribution is 2.61. The number of anilines is 1. The molecule has 3 amide bonds. The van der Waals surface area contributed by atoms with Gasteiger partial charge in [0.2, 0.25) is 11.8 Å². The van der Waals surface area contributed by atoms with Crippen LogP contribution in [0.5, 0.6) is 11.5 Å². The van der Waals surface area contributed by atoms with Gasteiger partial charge >= 0.3 is 5.97 Å². The van der Waals surface area contributed by atoms with Gasteiger partial charge in [0.25, 0.3) is 5.91 Å². The van der Waals surface area contributed by atoms with Gasteiger partial charge in [-0.1, -0.05) is 59.3 Å². The van der Waals surface area contributed by atoms with Gasteiger partial charge in [-0.05, 0) is 105 Å². The van der Waals surface area contributed by atoms with Crippen LogP contribution in [-0.4, -0.2) is 103 Å². The van der Waals surface area contributed by atoms with Gasteiger partial charge in [0, 0.05) is 6.54 Å². The van der Waals surface area contributed by atoms with Crippen molar-refractivity contribution < 1.29 is 53.4 Å². The third-order valence-corrected chi connectivity index (χ3v) is 13.8. The molecule has 3 saturated carbocycles. The molecule has 0 bridgehead atoms. The van der Waals surface area contributed by atoms with Crippen molar-refractivity contribution in [1.29, 1.82) is 0 Å². The van der Waals surface area contributed by atoms with Crippen LogP contribution in [0.25, 0.3) is 0 Å². The summed E-state index contributed by atoms with van der Waals surface area (Å²) in [6, 6.07) is 1.63. The van der Waals surface area contributed by atoms with Gasteiger partial charge in [-0.25, -0.2) is 0 Å². The Kier molecular flexibility index (Phi) is 18.9. The number of nitrogens with one attached hydrogen (secondary N) is 2. The first-order valence-electron chi connectivity index (χ1n) is 22.3. The number of aliphatic hydroxyl groups is 2. The maximum Gasteiger partial charge on any atom is 0.323 e. The van der Waals surface area contributed by atoms with Crippen LogP contribution in [0.4, 0.5) is 5.69 Å². The minimum atomic E-state index is -1.13. The first kappa shape index (κ1) is 49.2. The summed E-state index contributed by atoms with van der Waals surface area (Å²) in [6.45, 7) is 9.03. The number of aliphatic hydroxyl groups excluding tert-OH is 1. The summed E-state index contributed by atoms with van der Waals surface area (Å²) in [5.41, 5.74) is 10.5. The maximum atomic E-state index is 13.0. The Morgan fingerprint density at radius 2 is 1.77 bits per heavy atom. The van der Waals surface area contributed by atoms with E-state index in [9.17, 15) is 34.5 Å². The van der Waals surface area contributed by atoms with E-state index < -0.39 is 47.2 Å². The largest absolute Gasteiger partial charge is 0.505 e. The van der Waals surface area contributed by atoms with Gasteiger partial charge in [0.15, 0.2) is 5.75 Å². The number of primary amides is 1. The van der Waals surface area contributed by atoms with E-state index in [1.807, 2.05) is 0 Å². The Morgan fingerprint density at radius 3 is 2.48 bits per heavy atom. The van der Waals surface area contributed by atoms with Crippen molar-refractivity contribution in [2.45, 2.75) is 148 Å². The molecular formula is C45H74N4O11. The van der Waals surface area contributed by atoms with Gasteiger partial charge in [0.05, 0.1) is 50.7 Å². The van der Waals surface area contributed by atoms with Crippen molar-refractivity contribution in [3.05, 3.63) is 17.7 Å². The van der Waals surface area contributed by atoms with Gasteiger partial charge in [0.1, 0.15) is 30.1 Å². The quantitative estimate of drug-likeness (QED) is 0.0415. The SMILES string of the molecule is CCCCCCC(C)(O)C1CCC2C(CC(O)C3CC(OC(=O)C(N)CC(=O)NCCOCCOCC(=O)Nc4ccc(OC)c(C(N)=O)c4O)CCC3C)CCCC21C. The summed E-state index contributed by atoms with van der Waals surface area (Å²) in [5, 5.41) is 38.9. The van der Waals surface area contributed by atoms with Crippen LogP contribution in [0.1, 0.15) is 134 Å². The number of amides is 3. The molecule has 3 fully saturated rings. The van der Waals surface area contributed by atoms with E-state index >= 15 is 0 Å². The molecule has 10 atom stereocenters. The van der Waals surface area contributed by atoms with Crippen LogP contribution in [0.2, 0.25) is 0 Å². The minimum absolute atomic E-state index is 0.00225. The summed E-state index contributed by atoms with van der Waals surface area (Å²) in [7, 11) is 1.32. The monoisotopic (exact) mass is 847 g/mol. The molecule has 340 valence electrons. The normalized spacial score (nSPS) is 27.2. The molecule has 9 N–H and O–H groups in total. The number of esters is 1. The molecule has 3 aliphatic rings. The molecule has 0 radical (unpaired) electrons. The van der Waals surface area contributed by atoms with Crippen LogP contribution < -0.4 is 26.8 Å². The third kappa shape index (κ3) is 13.3. The fraction of sp³-hybridized carbons (Fsp3) is 0.778. The molecule has 3 aliphatic carbocycles. The fourth-order valence-electron chi connectivity index (χ4n) is 10.7. The van der Waals surface area contributed by atoms with Crippen molar-refractivity contribution in [1.82, 2.24) is 5.32 Å². The molecule has 4 rings (SSSR count). The first-order chi connectivity index (χ1) is 28.5. The molecular weight excluding hydrogens is 773 g/mol. The summed E-state index contributed by atoms with van der Waals surface area (Å²) in [4.78, 5) is 49.4. The average Bonchev–Trinajstić information content (AvgIpc) is 3.57. The number of nitrogens with two attached hydrogens (primary N) is 2. The number of benzene rings is 1. The lowest BCUT2D eigenvalue weighted by Crippen LogP contribution is -2.47. The fourth-order valence-corrected chi connectivity index (χ4v) is 10.7. The first-order valence-corrected chi connectivity index (χ1v) is 22.3. The minimum Gasteiger partial charge on any atom is -0.505 e. The number of hydrogen-bond acceptors (Lipinski definition) is 12. The highest BCUT2D eigenvalue weighted by Gasteiger charge is 2.56. The molecule has 0 aliphatic heterocycles. The number of carbonyl (C=O) groups excluding carboxylic acids is 4. The standard InChI is InChI=1S/C45H74N4O11/c1-6-7-8-9-19-45(4,56)37-17-14-32-29(11-10-18-44(32,37)3)24-35(50)31-25-30(13-12-28(31)2)60-43(55)33(46)26-38(51)48-20-21-58-22-23-59-27-39(52)49-34-15-16-36(57-5)40(41(34)53)42(47)54/h15-16,28-33,35,37,50,53,56H,6-14,17-27,46H2,1-5H3,(H2,47,54)(H,48,51)(H,49,52). The Balaban J connectivity index is 1.12. The second-order valence-corrected chi connectivity index (χ2v) is 18.2. The number of fused-ring (bicyclic) bond motifs is 1. The lowest BCUT2D eigenvalue weighted by atomic mass is 9.57. The molecule has 15 heteroatoms. The predicted octanol–water partition coefficient (Wildman–Crippen LogP) is 4.96. The van der Waals surface area contributed by atoms with Crippen LogP contribution >= 0.6 is 0 Å². The van der Waals surface area contributed by atoms with E-state index in [1.54, 1.807) is 0 Å². The van der Waals surface area contributed by atoms with Crippen LogP contribution in [0, 0.1) is 35.0 Å². The topological polar surface area (TPSA) is 242 Å². The number of methoxy groups -OCH3 is 1. The number of ether oxygens (including phenoxy) is 4. The molecule has 60 heavy (non-hydrogen) atoms. The third-order valence-electron chi connectivity index (χ3n) is 13.8. The lowest BCUT2D eigenvalue weighted by Gasteiger charge is -2.50. The van der Waals surface area contributed by atoms with Gasteiger partial charge in [-0.3, -0.25) is 19.2 Å². The van der Waals surface area contributed by atoms with Gasteiger partial charge in [-0.2, -0.15) is 0 Å². The van der Waals surface area contributed by atoms with Crippen LogP contribution in [-0.2, 0) is 28.6 Å². The van der Waals surface area contributed by atoms with Crippen molar-refractivity contribution in [2.75, 3.05) is 45.4 Å². The maximum absolute atomic E-state index is 13.0. The molecule has 0 saturated heterocycles. The number of aromatic hydroxyl groups is 1. The lowest BCUT2D eigenvalue weighted by molar-refractivity contribution is -0.156. The van der Waals surface area contributed by atoms with E-state index in [0.717, 1.165) is 57.8 Å².